The predicted molar refractivity (Wildman–Crippen MR) is 67.9 cm³/mol. The first-order valence-electron chi connectivity index (χ1n) is 6.29. The van der Waals surface area contributed by atoms with Crippen molar-refractivity contribution in [1.82, 2.24) is 0 Å². The Balaban J connectivity index is 2.28. The molecule has 0 unspecified atom stereocenters. The number of hydrogen-bond donors (Lipinski definition) is 1. The molecule has 1 fully saturated rings. The molecule has 0 aromatic heterocycles. The van der Waals surface area contributed by atoms with Crippen molar-refractivity contribution in [3.8, 4) is 0 Å². The first-order valence-corrected chi connectivity index (χ1v) is 6.29. The summed E-state index contributed by atoms with van der Waals surface area (Å²) in [5.74, 6) is 0.0853. The highest BCUT2D eigenvalue weighted by molar-refractivity contribution is 5.93. The van der Waals surface area contributed by atoms with Crippen molar-refractivity contribution in [2.45, 2.75) is 44.8 Å². The first kappa shape index (κ1) is 12.1. The van der Waals surface area contributed by atoms with E-state index in [4.69, 9.17) is 0 Å². The lowest BCUT2D eigenvalue weighted by Gasteiger charge is -2.31. The summed E-state index contributed by atoms with van der Waals surface area (Å²) < 4.78 is 0. The number of carbonyl (C=O) groups excluding carboxylic acids is 1. The Kier molecular flexibility index (Phi) is 3.79. The van der Waals surface area contributed by atoms with E-state index in [1.54, 1.807) is 4.90 Å². The molecule has 1 amide bonds. The van der Waals surface area contributed by atoms with Gasteiger partial charge in [0.15, 0.2) is 0 Å². The van der Waals surface area contributed by atoms with E-state index >= 15 is 0 Å². The molecule has 0 radical (unpaired) electrons. The van der Waals surface area contributed by atoms with Gasteiger partial charge in [-0.15, -0.1) is 0 Å². The zero-order valence-corrected chi connectivity index (χ0v) is 10.2. The molecule has 0 bridgehead atoms. The molecule has 0 aliphatic heterocycles. The van der Waals surface area contributed by atoms with Gasteiger partial charge in [0.25, 0.3) is 0 Å². The number of benzene rings is 1. The maximum absolute atomic E-state index is 12.1. The van der Waals surface area contributed by atoms with E-state index in [9.17, 15) is 9.90 Å². The van der Waals surface area contributed by atoms with Crippen LogP contribution in [0, 0.1) is 0 Å². The van der Waals surface area contributed by atoms with Gasteiger partial charge in [0.05, 0.1) is 12.1 Å². The number of amides is 1. The molecule has 1 aliphatic rings. The summed E-state index contributed by atoms with van der Waals surface area (Å²) in [6, 6.07) is 9.59. The monoisotopic (exact) mass is 233 g/mol. The lowest BCUT2D eigenvalue weighted by molar-refractivity contribution is -0.119. The summed E-state index contributed by atoms with van der Waals surface area (Å²) >= 11 is 0. The smallest absolute Gasteiger partial charge is 0.227 e. The predicted octanol–water partition coefficient (Wildman–Crippen LogP) is 2.34. The van der Waals surface area contributed by atoms with Crippen LogP contribution in [0.4, 0.5) is 5.69 Å². The second-order valence-corrected chi connectivity index (χ2v) is 4.52. The Hall–Kier alpha value is -1.35. The SMILES string of the molecule is CCC(=O)N(c1ccccc1)[C@@H]1CCC[C@H]1O. The number of para-hydroxylation sites is 1. The maximum Gasteiger partial charge on any atom is 0.227 e. The highest BCUT2D eigenvalue weighted by atomic mass is 16.3. The highest BCUT2D eigenvalue weighted by Gasteiger charge is 2.33. The molecule has 17 heavy (non-hydrogen) atoms. The van der Waals surface area contributed by atoms with Crippen LogP contribution in [-0.2, 0) is 4.79 Å². The van der Waals surface area contributed by atoms with Crippen molar-refractivity contribution < 1.29 is 9.90 Å². The van der Waals surface area contributed by atoms with Crippen LogP contribution in [0.1, 0.15) is 32.6 Å². The Morgan fingerprint density at radius 1 is 1.35 bits per heavy atom. The standard InChI is InChI=1S/C14H19NO2/c1-2-14(17)15(11-7-4-3-5-8-11)12-9-6-10-13(12)16/h3-5,7-8,12-13,16H,2,6,9-10H2,1H3/t12-,13-/m1/s1. The molecule has 3 nitrogen and oxygen atoms in total. The molecule has 0 saturated heterocycles. The molecular formula is C14H19NO2. The van der Waals surface area contributed by atoms with Crippen LogP contribution in [0.25, 0.3) is 0 Å². The minimum absolute atomic E-state index is 0.0511. The molecule has 1 N–H and O–H groups in total. The van der Waals surface area contributed by atoms with E-state index in [1.165, 1.54) is 0 Å². The molecule has 1 saturated carbocycles. The van der Waals surface area contributed by atoms with Gasteiger partial charge in [-0.25, -0.2) is 0 Å². The first-order chi connectivity index (χ1) is 8.24. The Bertz CT molecular complexity index is 377. The van der Waals surface area contributed by atoms with Crippen molar-refractivity contribution in [1.29, 1.82) is 0 Å². The van der Waals surface area contributed by atoms with Gasteiger partial charge in [0.1, 0.15) is 0 Å². The molecule has 2 rings (SSSR count). The average molecular weight is 233 g/mol. The van der Waals surface area contributed by atoms with Crippen molar-refractivity contribution in [2.24, 2.45) is 0 Å². The third kappa shape index (κ3) is 2.50. The maximum atomic E-state index is 12.1. The summed E-state index contributed by atoms with van der Waals surface area (Å²) in [5, 5.41) is 9.97. The quantitative estimate of drug-likeness (QED) is 0.870. The van der Waals surface area contributed by atoms with Crippen LogP contribution < -0.4 is 4.90 Å². The van der Waals surface area contributed by atoms with E-state index in [0.717, 1.165) is 24.9 Å². The molecule has 1 aromatic carbocycles. The van der Waals surface area contributed by atoms with E-state index in [2.05, 4.69) is 0 Å². The van der Waals surface area contributed by atoms with Gasteiger partial charge in [0.2, 0.25) is 5.91 Å². The van der Waals surface area contributed by atoms with E-state index < -0.39 is 0 Å². The summed E-state index contributed by atoms with van der Waals surface area (Å²) in [4.78, 5) is 13.8. The summed E-state index contributed by atoms with van der Waals surface area (Å²) in [7, 11) is 0. The van der Waals surface area contributed by atoms with Crippen molar-refractivity contribution in [3.63, 3.8) is 0 Å². The molecule has 1 aromatic rings. The topological polar surface area (TPSA) is 40.5 Å². The number of carbonyl (C=O) groups is 1. The lowest BCUT2D eigenvalue weighted by Crippen LogP contribution is -2.44. The number of rotatable bonds is 3. The van der Waals surface area contributed by atoms with Crippen LogP contribution in [0.5, 0.6) is 0 Å². The number of hydrogen-bond acceptors (Lipinski definition) is 2. The normalized spacial score (nSPS) is 23.6. The molecular weight excluding hydrogens is 214 g/mol. The number of nitrogens with zero attached hydrogens (tertiary/aromatic N) is 1. The van der Waals surface area contributed by atoms with Gasteiger partial charge in [-0.2, -0.15) is 0 Å². The molecule has 1 aliphatic carbocycles. The zero-order chi connectivity index (χ0) is 12.3. The van der Waals surface area contributed by atoms with Gasteiger partial charge in [0, 0.05) is 12.1 Å². The second-order valence-electron chi connectivity index (χ2n) is 4.52. The van der Waals surface area contributed by atoms with Crippen LogP contribution in [0.2, 0.25) is 0 Å². The Labute approximate surface area is 102 Å². The minimum atomic E-state index is -0.384. The van der Waals surface area contributed by atoms with Crippen LogP contribution in [-0.4, -0.2) is 23.2 Å². The second kappa shape index (κ2) is 5.32. The lowest BCUT2D eigenvalue weighted by atomic mass is 10.1. The average Bonchev–Trinajstić information content (AvgIpc) is 2.77. The van der Waals surface area contributed by atoms with E-state index in [0.29, 0.717) is 6.42 Å². The fraction of sp³-hybridized carbons (Fsp3) is 0.500. The summed E-state index contributed by atoms with van der Waals surface area (Å²) in [5.41, 5.74) is 0.894. The van der Waals surface area contributed by atoms with Crippen LogP contribution in [0.3, 0.4) is 0 Å². The zero-order valence-electron chi connectivity index (χ0n) is 10.2. The van der Waals surface area contributed by atoms with Crippen molar-refractivity contribution in [2.75, 3.05) is 4.90 Å². The number of anilines is 1. The third-order valence-electron chi connectivity index (χ3n) is 3.38. The molecule has 92 valence electrons. The van der Waals surface area contributed by atoms with Gasteiger partial charge in [-0.05, 0) is 31.4 Å². The molecule has 0 heterocycles. The van der Waals surface area contributed by atoms with Crippen LogP contribution >= 0.6 is 0 Å². The van der Waals surface area contributed by atoms with E-state index in [1.807, 2.05) is 37.3 Å². The van der Waals surface area contributed by atoms with Crippen molar-refractivity contribution in [3.05, 3.63) is 30.3 Å². The summed E-state index contributed by atoms with van der Waals surface area (Å²) in [6.45, 7) is 1.86. The molecule has 0 spiro atoms. The van der Waals surface area contributed by atoms with Gasteiger partial charge < -0.3 is 10.0 Å². The Morgan fingerprint density at radius 3 is 2.59 bits per heavy atom. The van der Waals surface area contributed by atoms with E-state index in [-0.39, 0.29) is 18.1 Å². The number of aliphatic hydroxyl groups excluding tert-OH is 1. The fourth-order valence-corrected chi connectivity index (χ4v) is 2.50. The third-order valence-corrected chi connectivity index (χ3v) is 3.38. The van der Waals surface area contributed by atoms with Crippen molar-refractivity contribution >= 4 is 11.6 Å². The largest absolute Gasteiger partial charge is 0.391 e. The van der Waals surface area contributed by atoms with Gasteiger partial charge >= 0.3 is 0 Å². The fourth-order valence-electron chi connectivity index (χ4n) is 2.50. The number of aliphatic hydroxyl groups is 1. The van der Waals surface area contributed by atoms with Gasteiger partial charge in [-0.1, -0.05) is 25.1 Å². The molecule has 3 heteroatoms. The highest BCUT2D eigenvalue weighted by Crippen LogP contribution is 2.29. The van der Waals surface area contributed by atoms with Crippen LogP contribution in [0.15, 0.2) is 30.3 Å². The summed E-state index contributed by atoms with van der Waals surface area (Å²) in [6.07, 6.45) is 2.77. The Morgan fingerprint density at radius 2 is 2.06 bits per heavy atom. The minimum Gasteiger partial charge on any atom is -0.391 e. The molecule has 2 atom stereocenters. The van der Waals surface area contributed by atoms with Gasteiger partial charge in [-0.3, -0.25) is 4.79 Å².